The first-order valence-electron chi connectivity index (χ1n) is 7.95. The van der Waals surface area contributed by atoms with Gasteiger partial charge in [-0.1, -0.05) is 58.6 Å². The summed E-state index contributed by atoms with van der Waals surface area (Å²) in [6.45, 7) is 8.59. The minimum absolute atomic E-state index is 0.144. The van der Waals surface area contributed by atoms with E-state index in [0.717, 1.165) is 24.1 Å². The summed E-state index contributed by atoms with van der Waals surface area (Å²) in [6.07, 6.45) is 6.55. The molecule has 0 atom stereocenters. The Labute approximate surface area is 124 Å². The van der Waals surface area contributed by atoms with Gasteiger partial charge in [0, 0.05) is 12.1 Å². The molecule has 0 aliphatic rings. The molecule has 1 amide bonds. The van der Waals surface area contributed by atoms with Gasteiger partial charge in [0.2, 0.25) is 5.91 Å². The topological polar surface area (TPSA) is 29.1 Å². The summed E-state index contributed by atoms with van der Waals surface area (Å²) in [5, 5.41) is 3.06. The zero-order valence-corrected chi connectivity index (χ0v) is 13.5. The first-order chi connectivity index (χ1) is 9.54. The molecule has 0 bridgehead atoms. The third-order valence-electron chi connectivity index (χ3n) is 3.71. The molecule has 0 spiro atoms. The van der Waals surface area contributed by atoms with E-state index >= 15 is 0 Å². The number of amides is 1. The Kier molecular flexibility index (Phi) is 7.35. The zero-order valence-electron chi connectivity index (χ0n) is 13.5. The second-order valence-electron chi connectivity index (χ2n) is 5.94. The van der Waals surface area contributed by atoms with E-state index in [9.17, 15) is 4.79 Å². The third-order valence-corrected chi connectivity index (χ3v) is 3.71. The van der Waals surface area contributed by atoms with Gasteiger partial charge >= 0.3 is 0 Å². The second-order valence-corrected chi connectivity index (χ2v) is 5.94. The van der Waals surface area contributed by atoms with E-state index in [4.69, 9.17) is 0 Å². The molecule has 0 unspecified atom stereocenters. The van der Waals surface area contributed by atoms with Crippen LogP contribution in [0.2, 0.25) is 0 Å². The number of carbonyl (C=O) groups excluding carboxylic acids is 1. The number of anilines is 1. The molecule has 1 N–H and O–H groups in total. The van der Waals surface area contributed by atoms with Crippen molar-refractivity contribution >= 4 is 11.6 Å². The van der Waals surface area contributed by atoms with Gasteiger partial charge < -0.3 is 5.32 Å². The van der Waals surface area contributed by atoms with Gasteiger partial charge in [-0.05, 0) is 36.5 Å². The highest BCUT2D eigenvalue weighted by Gasteiger charge is 2.07. The predicted molar refractivity (Wildman–Crippen MR) is 87.3 cm³/mol. The summed E-state index contributed by atoms with van der Waals surface area (Å²) in [6, 6.07) is 6.33. The average Bonchev–Trinajstić information content (AvgIpc) is 2.40. The monoisotopic (exact) mass is 275 g/mol. The molecule has 0 saturated heterocycles. The van der Waals surface area contributed by atoms with Crippen molar-refractivity contribution in [1.29, 1.82) is 0 Å². The molecule has 1 rings (SSSR count). The second kappa shape index (κ2) is 8.78. The quantitative estimate of drug-likeness (QED) is 0.631. The molecule has 0 saturated carbocycles. The van der Waals surface area contributed by atoms with Crippen molar-refractivity contribution in [2.45, 2.75) is 72.1 Å². The molecule has 0 aromatic heterocycles. The number of unbranched alkanes of at least 4 members (excludes halogenated alkanes) is 4. The lowest BCUT2D eigenvalue weighted by Gasteiger charge is -2.12. The van der Waals surface area contributed by atoms with Crippen molar-refractivity contribution in [3.05, 3.63) is 29.3 Å². The van der Waals surface area contributed by atoms with Gasteiger partial charge in [0.15, 0.2) is 0 Å². The van der Waals surface area contributed by atoms with Gasteiger partial charge in [-0.25, -0.2) is 0 Å². The standard InChI is InChI=1S/C18H29NO/c1-5-6-7-8-9-10-18(20)19-17-13-16(14(2)3)12-11-15(17)4/h11-14H,5-10H2,1-4H3,(H,19,20). The van der Waals surface area contributed by atoms with Crippen LogP contribution in [0.4, 0.5) is 5.69 Å². The van der Waals surface area contributed by atoms with Crippen LogP contribution < -0.4 is 5.32 Å². The lowest BCUT2D eigenvalue weighted by Crippen LogP contribution is -2.12. The molecule has 0 heterocycles. The number of carbonyl (C=O) groups is 1. The zero-order chi connectivity index (χ0) is 15.0. The highest BCUT2D eigenvalue weighted by atomic mass is 16.1. The SMILES string of the molecule is CCCCCCCC(=O)Nc1cc(C(C)C)ccc1C. The highest BCUT2D eigenvalue weighted by molar-refractivity contribution is 5.91. The molecular formula is C18H29NO. The van der Waals surface area contributed by atoms with Gasteiger partial charge in [-0.3, -0.25) is 4.79 Å². The van der Waals surface area contributed by atoms with Crippen LogP contribution in [-0.2, 0) is 4.79 Å². The Morgan fingerprint density at radius 3 is 2.50 bits per heavy atom. The summed E-state index contributed by atoms with van der Waals surface area (Å²) in [7, 11) is 0. The fourth-order valence-electron chi connectivity index (χ4n) is 2.24. The summed E-state index contributed by atoms with van der Waals surface area (Å²) < 4.78 is 0. The van der Waals surface area contributed by atoms with Crippen LogP contribution in [0.3, 0.4) is 0 Å². The van der Waals surface area contributed by atoms with Crippen molar-refractivity contribution in [2.75, 3.05) is 5.32 Å². The van der Waals surface area contributed by atoms with Crippen LogP contribution in [0.15, 0.2) is 18.2 Å². The Bertz CT molecular complexity index is 423. The molecule has 1 aromatic rings. The lowest BCUT2D eigenvalue weighted by atomic mass is 10.0. The summed E-state index contributed by atoms with van der Waals surface area (Å²) in [4.78, 5) is 12.0. The first kappa shape index (κ1) is 16.7. The van der Waals surface area contributed by atoms with E-state index in [2.05, 4.69) is 44.3 Å². The van der Waals surface area contributed by atoms with Crippen LogP contribution in [0.25, 0.3) is 0 Å². The number of rotatable bonds is 8. The van der Waals surface area contributed by atoms with E-state index in [1.807, 2.05) is 6.92 Å². The van der Waals surface area contributed by atoms with E-state index < -0.39 is 0 Å². The summed E-state index contributed by atoms with van der Waals surface area (Å²) >= 11 is 0. The molecule has 1 aromatic carbocycles. The van der Waals surface area contributed by atoms with Gasteiger partial charge in [-0.2, -0.15) is 0 Å². The average molecular weight is 275 g/mol. The Morgan fingerprint density at radius 2 is 1.85 bits per heavy atom. The maximum atomic E-state index is 12.0. The maximum absolute atomic E-state index is 12.0. The van der Waals surface area contributed by atoms with Gasteiger partial charge in [0.1, 0.15) is 0 Å². The molecule has 0 radical (unpaired) electrons. The van der Waals surface area contributed by atoms with E-state index in [1.54, 1.807) is 0 Å². The van der Waals surface area contributed by atoms with E-state index in [-0.39, 0.29) is 5.91 Å². The van der Waals surface area contributed by atoms with Crippen LogP contribution in [0.1, 0.15) is 76.3 Å². The molecule has 112 valence electrons. The van der Waals surface area contributed by atoms with E-state index in [1.165, 1.54) is 24.8 Å². The Morgan fingerprint density at radius 1 is 1.15 bits per heavy atom. The van der Waals surface area contributed by atoms with E-state index in [0.29, 0.717) is 12.3 Å². The number of nitrogens with one attached hydrogen (secondary N) is 1. The molecular weight excluding hydrogens is 246 g/mol. The molecule has 0 fully saturated rings. The van der Waals surface area contributed by atoms with Crippen molar-refractivity contribution in [1.82, 2.24) is 0 Å². The summed E-state index contributed by atoms with van der Waals surface area (Å²) in [5.74, 6) is 0.630. The minimum Gasteiger partial charge on any atom is -0.326 e. The number of hydrogen-bond acceptors (Lipinski definition) is 1. The van der Waals surface area contributed by atoms with Crippen LogP contribution >= 0.6 is 0 Å². The predicted octanol–water partition coefficient (Wildman–Crippen LogP) is 5.42. The molecule has 0 aliphatic carbocycles. The highest BCUT2D eigenvalue weighted by Crippen LogP contribution is 2.22. The normalized spacial score (nSPS) is 10.8. The summed E-state index contributed by atoms with van der Waals surface area (Å²) in [5.41, 5.74) is 3.37. The van der Waals surface area contributed by atoms with Gasteiger partial charge in [0.05, 0.1) is 0 Å². The molecule has 20 heavy (non-hydrogen) atoms. The first-order valence-corrected chi connectivity index (χ1v) is 7.95. The van der Waals surface area contributed by atoms with Crippen molar-refractivity contribution in [3.8, 4) is 0 Å². The lowest BCUT2D eigenvalue weighted by molar-refractivity contribution is -0.116. The van der Waals surface area contributed by atoms with Crippen molar-refractivity contribution in [3.63, 3.8) is 0 Å². The fraction of sp³-hybridized carbons (Fsp3) is 0.611. The van der Waals surface area contributed by atoms with Crippen LogP contribution in [0.5, 0.6) is 0 Å². The van der Waals surface area contributed by atoms with Crippen molar-refractivity contribution in [2.24, 2.45) is 0 Å². The number of aryl methyl sites for hydroxylation is 1. The molecule has 0 aliphatic heterocycles. The van der Waals surface area contributed by atoms with Gasteiger partial charge in [-0.15, -0.1) is 0 Å². The maximum Gasteiger partial charge on any atom is 0.224 e. The number of hydrogen-bond donors (Lipinski definition) is 1. The fourth-order valence-corrected chi connectivity index (χ4v) is 2.24. The van der Waals surface area contributed by atoms with Crippen molar-refractivity contribution < 1.29 is 4.79 Å². The van der Waals surface area contributed by atoms with Crippen LogP contribution in [-0.4, -0.2) is 5.91 Å². The molecule has 2 nitrogen and oxygen atoms in total. The third kappa shape index (κ3) is 5.77. The largest absolute Gasteiger partial charge is 0.326 e. The van der Waals surface area contributed by atoms with Gasteiger partial charge in [0.25, 0.3) is 0 Å². The smallest absolute Gasteiger partial charge is 0.224 e. The minimum atomic E-state index is 0.144. The number of benzene rings is 1. The van der Waals surface area contributed by atoms with Crippen LogP contribution in [0, 0.1) is 6.92 Å². The Balaban J connectivity index is 2.47. The molecule has 2 heteroatoms. The Hall–Kier alpha value is -1.31.